The first-order chi connectivity index (χ1) is 11.6. The minimum absolute atomic E-state index is 0.259. The zero-order chi connectivity index (χ0) is 16.9. The van der Waals surface area contributed by atoms with Crippen LogP contribution in [0.3, 0.4) is 0 Å². The fourth-order valence-corrected chi connectivity index (χ4v) is 3.62. The van der Waals surface area contributed by atoms with Crippen LogP contribution in [-0.2, 0) is 17.9 Å². The van der Waals surface area contributed by atoms with Gasteiger partial charge >= 0.3 is 5.97 Å². The largest absolute Gasteiger partial charge is 0.486 e. The topological polar surface area (TPSA) is 62.7 Å². The number of nitrogens with zero attached hydrogens (tertiary/aromatic N) is 2. The van der Waals surface area contributed by atoms with Crippen LogP contribution in [0.2, 0.25) is 5.02 Å². The molecule has 0 saturated carbocycles. The number of carboxylic acids is 1. The second-order valence-corrected chi connectivity index (χ2v) is 7.27. The molecule has 0 spiro atoms. The number of rotatable bonds is 6. The third-order valence-electron chi connectivity index (χ3n) is 4.02. The van der Waals surface area contributed by atoms with E-state index in [0.29, 0.717) is 24.7 Å². The van der Waals surface area contributed by atoms with Gasteiger partial charge in [-0.3, -0.25) is 9.69 Å². The maximum Gasteiger partial charge on any atom is 0.307 e. The lowest BCUT2D eigenvalue weighted by Gasteiger charge is -2.29. The number of aromatic nitrogens is 1. The fourth-order valence-electron chi connectivity index (χ4n) is 2.79. The molecule has 0 bridgehead atoms. The number of likely N-dealkylation sites (tertiary alicyclic amines) is 1. The molecule has 2 aromatic rings. The number of aliphatic carboxylic acids is 1. The number of ether oxygens (including phenoxy) is 1. The van der Waals surface area contributed by atoms with Crippen LogP contribution in [0.4, 0.5) is 0 Å². The fraction of sp³-hybridized carbons (Fsp3) is 0.412. The van der Waals surface area contributed by atoms with E-state index in [9.17, 15) is 4.79 Å². The lowest BCUT2D eigenvalue weighted by molar-refractivity contribution is -0.143. The predicted molar refractivity (Wildman–Crippen MR) is 93.5 cm³/mol. The van der Waals surface area contributed by atoms with Crippen molar-refractivity contribution in [1.82, 2.24) is 9.88 Å². The maximum atomic E-state index is 11.1. The number of hydrogen-bond acceptors (Lipinski definition) is 5. The summed E-state index contributed by atoms with van der Waals surface area (Å²) in [7, 11) is 0. The summed E-state index contributed by atoms with van der Waals surface area (Å²) in [5.74, 6) is -0.198. The zero-order valence-corrected chi connectivity index (χ0v) is 14.7. The molecule has 1 aromatic carbocycles. The van der Waals surface area contributed by atoms with E-state index in [4.69, 9.17) is 21.4 Å². The van der Waals surface area contributed by atoms with Crippen molar-refractivity contribution in [2.75, 3.05) is 13.1 Å². The molecule has 0 aliphatic carbocycles. The van der Waals surface area contributed by atoms with Gasteiger partial charge in [-0.05, 0) is 43.7 Å². The quantitative estimate of drug-likeness (QED) is 0.845. The molecule has 3 rings (SSSR count). The Morgan fingerprint density at radius 1 is 1.42 bits per heavy atom. The monoisotopic (exact) mass is 366 g/mol. The molecule has 1 saturated heterocycles. The molecule has 1 aliphatic heterocycles. The van der Waals surface area contributed by atoms with Crippen molar-refractivity contribution < 1.29 is 14.6 Å². The van der Waals surface area contributed by atoms with Crippen LogP contribution >= 0.6 is 22.9 Å². The second kappa shape index (κ2) is 7.96. The molecular formula is C17H19ClN2O3S. The van der Waals surface area contributed by atoms with E-state index in [-0.39, 0.29) is 5.92 Å². The van der Waals surface area contributed by atoms with Crippen LogP contribution in [0, 0.1) is 5.92 Å². The van der Waals surface area contributed by atoms with E-state index in [1.807, 2.05) is 17.5 Å². The number of hydrogen-bond donors (Lipinski definition) is 1. The Bertz CT molecular complexity index is 689. The minimum atomic E-state index is -0.699. The van der Waals surface area contributed by atoms with Crippen molar-refractivity contribution in [2.24, 2.45) is 5.92 Å². The molecule has 7 heteroatoms. The second-order valence-electron chi connectivity index (χ2n) is 5.89. The molecule has 1 atom stereocenters. The van der Waals surface area contributed by atoms with Crippen molar-refractivity contribution in [1.29, 1.82) is 0 Å². The Hall–Kier alpha value is -1.63. The first-order valence-corrected chi connectivity index (χ1v) is 9.13. The summed E-state index contributed by atoms with van der Waals surface area (Å²) in [5, 5.41) is 12.8. The molecule has 2 heterocycles. The van der Waals surface area contributed by atoms with Crippen LogP contribution in [0.25, 0.3) is 0 Å². The highest BCUT2D eigenvalue weighted by atomic mass is 35.5. The van der Waals surface area contributed by atoms with Crippen molar-refractivity contribution in [3.05, 3.63) is 45.4 Å². The van der Waals surface area contributed by atoms with Gasteiger partial charge in [0.15, 0.2) is 0 Å². The van der Waals surface area contributed by atoms with Gasteiger partial charge in [0.25, 0.3) is 0 Å². The van der Waals surface area contributed by atoms with Crippen LogP contribution < -0.4 is 4.74 Å². The Labute approximate surface area is 149 Å². The number of carboxylic acid groups (broad SMARTS) is 1. The van der Waals surface area contributed by atoms with Gasteiger partial charge in [0.2, 0.25) is 0 Å². The summed E-state index contributed by atoms with van der Waals surface area (Å²) < 4.78 is 5.70. The van der Waals surface area contributed by atoms with E-state index in [0.717, 1.165) is 35.8 Å². The molecule has 1 aromatic heterocycles. The van der Waals surface area contributed by atoms with E-state index in [1.54, 1.807) is 23.5 Å². The Morgan fingerprint density at radius 2 is 2.21 bits per heavy atom. The molecule has 5 nitrogen and oxygen atoms in total. The molecular weight excluding hydrogens is 348 g/mol. The van der Waals surface area contributed by atoms with Crippen LogP contribution in [0.1, 0.15) is 23.5 Å². The maximum absolute atomic E-state index is 11.1. The highest BCUT2D eigenvalue weighted by Gasteiger charge is 2.25. The molecule has 1 N–H and O–H groups in total. The smallest absolute Gasteiger partial charge is 0.307 e. The zero-order valence-electron chi connectivity index (χ0n) is 13.2. The predicted octanol–water partition coefficient (Wildman–Crippen LogP) is 3.67. The molecule has 0 radical (unpaired) electrons. The molecule has 0 amide bonds. The van der Waals surface area contributed by atoms with Gasteiger partial charge in [-0.15, -0.1) is 11.3 Å². The average molecular weight is 367 g/mol. The normalized spacial score (nSPS) is 18.5. The van der Waals surface area contributed by atoms with Gasteiger partial charge in [-0.2, -0.15) is 0 Å². The molecule has 1 aliphatic rings. The molecule has 128 valence electrons. The number of piperidine rings is 1. The Balaban J connectivity index is 1.51. The van der Waals surface area contributed by atoms with Gasteiger partial charge in [0.1, 0.15) is 17.4 Å². The molecule has 24 heavy (non-hydrogen) atoms. The van der Waals surface area contributed by atoms with Crippen molar-refractivity contribution >= 4 is 28.9 Å². The summed E-state index contributed by atoms with van der Waals surface area (Å²) in [5.41, 5.74) is 0.973. The third kappa shape index (κ3) is 4.69. The standard InChI is InChI=1S/C17H19ClN2O3S/c18-13-3-5-15(6-4-13)23-10-16-19-14(11-24-16)9-20-7-1-2-12(8-20)17(21)22/h3-6,11-12H,1-2,7-10H2,(H,21,22). The van der Waals surface area contributed by atoms with Gasteiger partial charge in [-0.25, -0.2) is 4.98 Å². The van der Waals surface area contributed by atoms with Crippen molar-refractivity contribution in [3.8, 4) is 5.75 Å². The van der Waals surface area contributed by atoms with Crippen LogP contribution in [0.15, 0.2) is 29.6 Å². The van der Waals surface area contributed by atoms with E-state index >= 15 is 0 Å². The average Bonchev–Trinajstić information content (AvgIpc) is 3.02. The Kier molecular flexibility index (Phi) is 5.71. The third-order valence-corrected chi connectivity index (χ3v) is 5.14. The van der Waals surface area contributed by atoms with Crippen LogP contribution in [-0.4, -0.2) is 34.0 Å². The lowest BCUT2D eigenvalue weighted by Crippen LogP contribution is -2.38. The van der Waals surface area contributed by atoms with Gasteiger partial charge < -0.3 is 9.84 Å². The van der Waals surface area contributed by atoms with E-state index < -0.39 is 5.97 Å². The summed E-state index contributed by atoms with van der Waals surface area (Å²) in [6.45, 7) is 2.65. The van der Waals surface area contributed by atoms with Gasteiger partial charge in [0, 0.05) is 23.5 Å². The minimum Gasteiger partial charge on any atom is -0.486 e. The Morgan fingerprint density at radius 3 is 2.96 bits per heavy atom. The first kappa shape index (κ1) is 17.2. The summed E-state index contributed by atoms with van der Waals surface area (Å²) >= 11 is 7.41. The number of halogens is 1. The van der Waals surface area contributed by atoms with E-state index in [2.05, 4.69) is 9.88 Å². The summed E-state index contributed by atoms with van der Waals surface area (Å²) in [6, 6.07) is 7.24. The number of carbonyl (C=O) groups is 1. The summed E-state index contributed by atoms with van der Waals surface area (Å²) in [4.78, 5) is 17.9. The summed E-state index contributed by atoms with van der Waals surface area (Å²) in [6.07, 6.45) is 1.69. The highest BCUT2D eigenvalue weighted by molar-refractivity contribution is 7.09. The van der Waals surface area contributed by atoms with Gasteiger partial charge in [0.05, 0.1) is 11.6 Å². The van der Waals surface area contributed by atoms with Crippen molar-refractivity contribution in [3.63, 3.8) is 0 Å². The number of benzene rings is 1. The van der Waals surface area contributed by atoms with E-state index in [1.165, 1.54) is 0 Å². The first-order valence-electron chi connectivity index (χ1n) is 7.87. The number of thiazole rings is 1. The molecule has 1 fully saturated rings. The highest BCUT2D eigenvalue weighted by Crippen LogP contribution is 2.21. The SMILES string of the molecule is O=C(O)C1CCCN(Cc2csc(COc3ccc(Cl)cc3)n2)C1. The lowest BCUT2D eigenvalue weighted by atomic mass is 9.98. The molecule has 1 unspecified atom stereocenters. The van der Waals surface area contributed by atoms with Gasteiger partial charge in [-0.1, -0.05) is 11.6 Å². The van der Waals surface area contributed by atoms with Crippen molar-refractivity contribution in [2.45, 2.75) is 26.0 Å². The van der Waals surface area contributed by atoms with Crippen LogP contribution in [0.5, 0.6) is 5.75 Å².